The lowest BCUT2D eigenvalue weighted by molar-refractivity contribution is -0.126. The van der Waals surface area contributed by atoms with Crippen LogP contribution in [0.2, 0.25) is 0 Å². The van der Waals surface area contributed by atoms with Crippen molar-refractivity contribution in [1.29, 1.82) is 0 Å². The molecule has 1 aromatic carbocycles. The molecule has 1 atom stereocenters. The lowest BCUT2D eigenvalue weighted by atomic mass is 9.96. The van der Waals surface area contributed by atoms with E-state index in [-0.39, 0.29) is 11.8 Å². The number of anilines is 1. The third kappa shape index (κ3) is 3.61. The second kappa shape index (κ2) is 7.14. The normalized spacial score (nSPS) is 23.7. The molecule has 120 valence electrons. The molecule has 1 unspecified atom stereocenters. The number of hydrogen-bond acceptors (Lipinski definition) is 3. The molecule has 0 aromatic heterocycles. The van der Waals surface area contributed by atoms with Crippen molar-refractivity contribution in [2.75, 3.05) is 38.1 Å². The first-order chi connectivity index (χ1) is 10.7. The third-order valence-electron chi connectivity index (χ3n) is 5.07. The van der Waals surface area contributed by atoms with Gasteiger partial charge in [-0.3, -0.25) is 4.79 Å². The number of carbonyl (C=O) groups excluding carboxylic acids is 1. The molecule has 1 amide bonds. The van der Waals surface area contributed by atoms with Crippen LogP contribution in [0.15, 0.2) is 30.3 Å². The summed E-state index contributed by atoms with van der Waals surface area (Å²) in [7, 11) is 2.13. The standard InChI is InChI=1S/C18H27N3O/c1-20-12-9-15(10-13-20)18(22)19-14-17-8-5-11-21(17)16-6-3-2-4-7-16/h2-4,6-7,15,17H,5,8-14H2,1H3,(H,19,22). The van der Waals surface area contributed by atoms with Crippen LogP contribution in [0.3, 0.4) is 0 Å². The molecule has 2 heterocycles. The van der Waals surface area contributed by atoms with Crippen molar-refractivity contribution in [2.24, 2.45) is 5.92 Å². The van der Waals surface area contributed by atoms with Crippen molar-refractivity contribution < 1.29 is 4.79 Å². The van der Waals surface area contributed by atoms with Crippen LogP contribution in [-0.2, 0) is 4.79 Å². The minimum Gasteiger partial charge on any atom is -0.367 e. The molecule has 4 nitrogen and oxygen atoms in total. The first kappa shape index (κ1) is 15.3. The number of likely N-dealkylation sites (tertiary alicyclic amines) is 1. The van der Waals surface area contributed by atoms with Gasteiger partial charge in [-0.25, -0.2) is 0 Å². The number of para-hydroxylation sites is 1. The Morgan fingerprint density at radius 3 is 2.59 bits per heavy atom. The Morgan fingerprint density at radius 1 is 1.14 bits per heavy atom. The molecule has 2 fully saturated rings. The van der Waals surface area contributed by atoms with Crippen molar-refractivity contribution in [3.8, 4) is 0 Å². The largest absolute Gasteiger partial charge is 0.367 e. The van der Waals surface area contributed by atoms with Crippen LogP contribution in [0.1, 0.15) is 25.7 Å². The highest BCUT2D eigenvalue weighted by Gasteiger charge is 2.27. The summed E-state index contributed by atoms with van der Waals surface area (Å²) in [6.45, 7) is 3.95. The molecule has 4 heteroatoms. The van der Waals surface area contributed by atoms with Crippen LogP contribution in [0.5, 0.6) is 0 Å². The van der Waals surface area contributed by atoms with Crippen LogP contribution >= 0.6 is 0 Å². The topological polar surface area (TPSA) is 35.6 Å². The molecule has 0 aliphatic carbocycles. The van der Waals surface area contributed by atoms with E-state index in [1.165, 1.54) is 18.5 Å². The molecule has 0 bridgehead atoms. The first-order valence-corrected chi connectivity index (χ1v) is 8.52. The van der Waals surface area contributed by atoms with Gasteiger partial charge in [0, 0.05) is 30.7 Å². The summed E-state index contributed by atoms with van der Waals surface area (Å²) in [5.41, 5.74) is 1.28. The maximum Gasteiger partial charge on any atom is 0.223 e. The smallest absolute Gasteiger partial charge is 0.223 e. The van der Waals surface area contributed by atoms with Gasteiger partial charge in [0.15, 0.2) is 0 Å². The van der Waals surface area contributed by atoms with Gasteiger partial charge in [0.1, 0.15) is 0 Å². The van der Waals surface area contributed by atoms with Gasteiger partial charge in [-0.15, -0.1) is 0 Å². The van der Waals surface area contributed by atoms with Gasteiger partial charge in [-0.05, 0) is 58.0 Å². The molecule has 22 heavy (non-hydrogen) atoms. The Labute approximate surface area is 133 Å². The van der Waals surface area contributed by atoms with Crippen molar-refractivity contribution >= 4 is 11.6 Å². The minimum atomic E-state index is 0.211. The van der Waals surface area contributed by atoms with E-state index in [0.29, 0.717) is 6.04 Å². The fraction of sp³-hybridized carbons (Fsp3) is 0.611. The number of piperidine rings is 1. The maximum atomic E-state index is 12.4. The van der Waals surface area contributed by atoms with Crippen molar-refractivity contribution in [2.45, 2.75) is 31.7 Å². The fourth-order valence-corrected chi connectivity index (χ4v) is 3.64. The van der Waals surface area contributed by atoms with E-state index in [1.807, 2.05) is 0 Å². The number of hydrogen-bond donors (Lipinski definition) is 1. The monoisotopic (exact) mass is 301 g/mol. The van der Waals surface area contributed by atoms with E-state index >= 15 is 0 Å². The highest BCUT2D eigenvalue weighted by Crippen LogP contribution is 2.25. The molecule has 1 N–H and O–H groups in total. The molecule has 2 aliphatic heterocycles. The average Bonchev–Trinajstić information content (AvgIpc) is 3.02. The Bertz CT molecular complexity index is 482. The second-order valence-electron chi connectivity index (χ2n) is 6.65. The number of benzene rings is 1. The van der Waals surface area contributed by atoms with Gasteiger partial charge in [0.05, 0.1) is 0 Å². The van der Waals surface area contributed by atoms with Crippen molar-refractivity contribution in [3.05, 3.63) is 30.3 Å². The molecule has 0 spiro atoms. The zero-order valence-corrected chi connectivity index (χ0v) is 13.5. The van der Waals surface area contributed by atoms with E-state index in [0.717, 1.165) is 39.0 Å². The zero-order chi connectivity index (χ0) is 15.4. The predicted molar refractivity (Wildman–Crippen MR) is 90.0 cm³/mol. The van der Waals surface area contributed by atoms with Gasteiger partial charge in [0.2, 0.25) is 5.91 Å². The van der Waals surface area contributed by atoms with Crippen LogP contribution in [0.4, 0.5) is 5.69 Å². The molecular weight excluding hydrogens is 274 g/mol. The fourth-order valence-electron chi connectivity index (χ4n) is 3.64. The Balaban J connectivity index is 1.51. The van der Waals surface area contributed by atoms with Gasteiger partial charge in [-0.2, -0.15) is 0 Å². The summed E-state index contributed by atoms with van der Waals surface area (Å²) in [5.74, 6) is 0.468. The van der Waals surface area contributed by atoms with Gasteiger partial charge in [-0.1, -0.05) is 18.2 Å². The van der Waals surface area contributed by atoms with Crippen LogP contribution < -0.4 is 10.2 Å². The average molecular weight is 301 g/mol. The predicted octanol–water partition coefficient (Wildman–Crippen LogP) is 2.11. The van der Waals surface area contributed by atoms with Crippen LogP contribution in [-0.4, -0.2) is 50.1 Å². The van der Waals surface area contributed by atoms with E-state index in [2.05, 4.69) is 52.5 Å². The molecule has 0 radical (unpaired) electrons. The first-order valence-electron chi connectivity index (χ1n) is 8.52. The van der Waals surface area contributed by atoms with E-state index in [4.69, 9.17) is 0 Å². The molecule has 2 saturated heterocycles. The summed E-state index contributed by atoms with van der Waals surface area (Å²) in [6.07, 6.45) is 4.37. The number of nitrogens with one attached hydrogen (secondary N) is 1. The molecular formula is C18H27N3O. The van der Waals surface area contributed by atoms with Gasteiger partial charge < -0.3 is 15.1 Å². The molecule has 0 saturated carbocycles. The molecule has 2 aliphatic rings. The molecule has 3 rings (SSSR count). The summed E-state index contributed by atoms with van der Waals surface area (Å²) in [5, 5.41) is 3.21. The SMILES string of the molecule is CN1CCC(C(=O)NCC2CCCN2c2ccccc2)CC1. The Kier molecular flexibility index (Phi) is 4.98. The van der Waals surface area contributed by atoms with Crippen LogP contribution in [0, 0.1) is 5.92 Å². The summed E-state index contributed by atoms with van der Waals surface area (Å²) < 4.78 is 0. The van der Waals surface area contributed by atoms with Crippen molar-refractivity contribution in [1.82, 2.24) is 10.2 Å². The Hall–Kier alpha value is -1.55. The quantitative estimate of drug-likeness (QED) is 0.925. The summed E-state index contributed by atoms with van der Waals surface area (Å²) in [4.78, 5) is 17.1. The number of amides is 1. The zero-order valence-electron chi connectivity index (χ0n) is 13.5. The van der Waals surface area contributed by atoms with Crippen LogP contribution in [0.25, 0.3) is 0 Å². The van der Waals surface area contributed by atoms with E-state index in [1.54, 1.807) is 0 Å². The van der Waals surface area contributed by atoms with E-state index < -0.39 is 0 Å². The highest BCUT2D eigenvalue weighted by atomic mass is 16.1. The molecule has 1 aromatic rings. The third-order valence-corrected chi connectivity index (χ3v) is 5.07. The summed E-state index contributed by atoms with van der Waals surface area (Å²) in [6, 6.07) is 11.0. The Morgan fingerprint density at radius 2 is 1.86 bits per heavy atom. The maximum absolute atomic E-state index is 12.4. The number of carbonyl (C=O) groups is 1. The summed E-state index contributed by atoms with van der Waals surface area (Å²) >= 11 is 0. The lowest BCUT2D eigenvalue weighted by Crippen LogP contribution is -2.44. The van der Waals surface area contributed by atoms with Gasteiger partial charge >= 0.3 is 0 Å². The van der Waals surface area contributed by atoms with Crippen molar-refractivity contribution in [3.63, 3.8) is 0 Å². The van der Waals surface area contributed by atoms with Gasteiger partial charge in [0.25, 0.3) is 0 Å². The number of nitrogens with zero attached hydrogens (tertiary/aromatic N) is 2. The van der Waals surface area contributed by atoms with E-state index in [9.17, 15) is 4.79 Å². The minimum absolute atomic E-state index is 0.211. The second-order valence-corrected chi connectivity index (χ2v) is 6.65. The highest BCUT2D eigenvalue weighted by molar-refractivity contribution is 5.78. The number of rotatable bonds is 4. The lowest BCUT2D eigenvalue weighted by Gasteiger charge is -2.30.